The maximum absolute atomic E-state index is 11.3. The number of amides is 1. The summed E-state index contributed by atoms with van der Waals surface area (Å²) in [6.07, 6.45) is 0.518. The van der Waals surface area contributed by atoms with Crippen LogP contribution in [0.5, 0.6) is 0 Å². The number of nitrogens with zero attached hydrogens (tertiary/aromatic N) is 1. The molecule has 0 spiro atoms. The molecule has 0 aromatic carbocycles. The largest absolute Gasteiger partial charge is 0.341 e. The van der Waals surface area contributed by atoms with Crippen LogP contribution < -0.4 is 0 Å². The maximum Gasteiger partial charge on any atom is 0.223 e. The van der Waals surface area contributed by atoms with Crippen molar-refractivity contribution in [1.82, 2.24) is 4.90 Å². The van der Waals surface area contributed by atoms with E-state index in [1.807, 2.05) is 18.5 Å². The van der Waals surface area contributed by atoms with Crippen molar-refractivity contribution in [2.45, 2.75) is 13.0 Å². The number of hydrogen-bond acceptors (Lipinski definition) is 3. The van der Waals surface area contributed by atoms with E-state index in [0.29, 0.717) is 18.7 Å². The normalized spacial score (nSPS) is 10.0. The van der Waals surface area contributed by atoms with Crippen LogP contribution in [0.25, 0.3) is 0 Å². The van der Waals surface area contributed by atoms with Gasteiger partial charge in [0.1, 0.15) is 0 Å². The third-order valence-corrected chi connectivity index (χ3v) is 2.71. The molecule has 4 heteroatoms. The molecule has 0 bridgehead atoms. The van der Waals surface area contributed by atoms with Gasteiger partial charge in [-0.2, -0.15) is 24.0 Å². The molecule has 1 amide bonds. The van der Waals surface area contributed by atoms with Crippen molar-refractivity contribution in [3.63, 3.8) is 0 Å². The van der Waals surface area contributed by atoms with Gasteiger partial charge in [-0.3, -0.25) is 4.79 Å². The molecule has 13 heavy (non-hydrogen) atoms. The SMILES string of the molecule is CN(Cc1ccsc1)C(=O)CCS. The van der Waals surface area contributed by atoms with Crippen molar-refractivity contribution in [2.24, 2.45) is 0 Å². The van der Waals surface area contributed by atoms with Gasteiger partial charge in [0, 0.05) is 20.0 Å². The van der Waals surface area contributed by atoms with Crippen molar-refractivity contribution in [1.29, 1.82) is 0 Å². The summed E-state index contributed by atoms with van der Waals surface area (Å²) in [5.74, 6) is 0.772. The van der Waals surface area contributed by atoms with E-state index in [1.54, 1.807) is 16.2 Å². The summed E-state index contributed by atoms with van der Waals surface area (Å²) in [4.78, 5) is 13.1. The van der Waals surface area contributed by atoms with Crippen LogP contribution in [0.15, 0.2) is 16.8 Å². The van der Waals surface area contributed by atoms with Crippen LogP contribution in [0.1, 0.15) is 12.0 Å². The Labute approximate surface area is 88.0 Å². The van der Waals surface area contributed by atoms with Gasteiger partial charge in [-0.15, -0.1) is 0 Å². The molecule has 0 N–H and O–H groups in total. The molecule has 1 aromatic rings. The zero-order chi connectivity index (χ0) is 9.68. The number of thiol groups is 1. The predicted molar refractivity (Wildman–Crippen MR) is 59.3 cm³/mol. The summed E-state index contributed by atoms with van der Waals surface area (Å²) in [7, 11) is 1.82. The Bertz CT molecular complexity index is 259. The van der Waals surface area contributed by atoms with Crippen molar-refractivity contribution < 1.29 is 4.79 Å². The highest BCUT2D eigenvalue weighted by Crippen LogP contribution is 2.08. The first-order valence-electron chi connectivity index (χ1n) is 4.10. The Morgan fingerprint density at radius 2 is 2.46 bits per heavy atom. The van der Waals surface area contributed by atoms with Gasteiger partial charge in [0.25, 0.3) is 0 Å². The minimum Gasteiger partial charge on any atom is -0.341 e. The number of thiophene rings is 1. The zero-order valence-electron chi connectivity index (χ0n) is 7.56. The number of carbonyl (C=O) groups excluding carboxylic acids is 1. The fourth-order valence-corrected chi connectivity index (χ4v) is 1.88. The minimum absolute atomic E-state index is 0.154. The zero-order valence-corrected chi connectivity index (χ0v) is 9.28. The van der Waals surface area contributed by atoms with Crippen molar-refractivity contribution >= 4 is 29.9 Å². The van der Waals surface area contributed by atoms with Crippen LogP contribution in [-0.2, 0) is 11.3 Å². The highest BCUT2D eigenvalue weighted by atomic mass is 32.1. The average molecular weight is 215 g/mol. The van der Waals surface area contributed by atoms with Crippen LogP contribution in [0.2, 0.25) is 0 Å². The second-order valence-corrected chi connectivity index (χ2v) is 4.08. The monoisotopic (exact) mass is 215 g/mol. The average Bonchev–Trinajstić information content (AvgIpc) is 2.57. The highest BCUT2D eigenvalue weighted by Gasteiger charge is 2.07. The molecule has 2 nitrogen and oxygen atoms in total. The quantitative estimate of drug-likeness (QED) is 0.762. The summed E-state index contributed by atoms with van der Waals surface area (Å²) < 4.78 is 0. The summed E-state index contributed by atoms with van der Waals surface area (Å²) >= 11 is 5.68. The molecule has 1 aromatic heterocycles. The first-order valence-corrected chi connectivity index (χ1v) is 5.67. The molecule has 0 saturated carbocycles. The van der Waals surface area contributed by atoms with Crippen LogP contribution in [-0.4, -0.2) is 23.6 Å². The van der Waals surface area contributed by atoms with Gasteiger partial charge < -0.3 is 4.90 Å². The van der Waals surface area contributed by atoms with E-state index in [0.717, 1.165) is 0 Å². The lowest BCUT2D eigenvalue weighted by atomic mass is 10.3. The van der Waals surface area contributed by atoms with Crippen LogP contribution in [0.4, 0.5) is 0 Å². The fraction of sp³-hybridized carbons (Fsp3) is 0.444. The number of hydrogen-bond donors (Lipinski definition) is 1. The van der Waals surface area contributed by atoms with E-state index in [2.05, 4.69) is 18.0 Å². The van der Waals surface area contributed by atoms with E-state index in [9.17, 15) is 4.79 Å². The second-order valence-electron chi connectivity index (χ2n) is 2.86. The van der Waals surface area contributed by atoms with Gasteiger partial charge in [-0.1, -0.05) is 0 Å². The third kappa shape index (κ3) is 3.40. The molecule has 1 rings (SSSR count). The third-order valence-electron chi connectivity index (χ3n) is 1.75. The Morgan fingerprint density at radius 3 is 3.00 bits per heavy atom. The smallest absolute Gasteiger partial charge is 0.223 e. The molecule has 0 saturated heterocycles. The summed E-state index contributed by atoms with van der Waals surface area (Å²) in [5.41, 5.74) is 1.19. The van der Waals surface area contributed by atoms with Crippen molar-refractivity contribution in [3.05, 3.63) is 22.4 Å². The Morgan fingerprint density at radius 1 is 1.69 bits per heavy atom. The molecule has 72 valence electrons. The van der Waals surface area contributed by atoms with Gasteiger partial charge in [0.15, 0.2) is 0 Å². The molecule has 0 aliphatic heterocycles. The molecule has 1 heterocycles. The maximum atomic E-state index is 11.3. The number of carbonyl (C=O) groups is 1. The summed E-state index contributed by atoms with van der Waals surface area (Å²) in [6.45, 7) is 0.704. The molecule has 0 unspecified atom stereocenters. The lowest BCUT2D eigenvalue weighted by molar-refractivity contribution is -0.129. The minimum atomic E-state index is 0.154. The van der Waals surface area contributed by atoms with Crippen LogP contribution in [0.3, 0.4) is 0 Å². The van der Waals surface area contributed by atoms with Crippen molar-refractivity contribution in [2.75, 3.05) is 12.8 Å². The molecular formula is C9H13NOS2. The van der Waals surface area contributed by atoms with Gasteiger partial charge in [0.2, 0.25) is 5.91 Å². The molecule has 0 aliphatic carbocycles. The Hall–Kier alpha value is -0.480. The molecule has 0 atom stereocenters. The molecular weight excluding hydrogens is 202 g/mol. The lowest BCUT2D eigenvalue weighted by Gasteiger charge is -2.15. The van der Waals surface area contributed by atoms with Gasteiger partial charge >= 0.3 is 0 Å². The Kier molecular flexibility index (Phi) is 4.32. The van der Waals surface area contributed by atoms with Crippen molar-refractivity contribution in [3.8, 4) is 0 Å². The fourth-order valence-electron chi connectivity index (χ4n) is 1.03. The number of rotatable bonds is 4. The summed E-state index contributed by atoms with van der Waals surface area (Å²) in [6, 6.07) is 2.04. The van der Waals surface area contributed by atoms with E-state index >= 15 is 0 Å². The molecule has 0 radical (unpaired) electrons. The molecule has 0 aliphatic rings. The first kappa shape index (κ1) is 10.6. The predicted octanol–water partition coefficient (Wildman–Crippen LogP) is 2.03. The highest BCUT2D eigenvalue weighted by molar-refractivity contribution is 7.80. The van der Waals surface area contributed by atoms with Gasteiger partial charge in [0.05, 0.1) is 0 Å². The van der Waals surface area contributed by atoms with Crippen LogP contribution in [0, 0.1) is 0 Å². The van der Waals surface area contributed by atoms with E-state index in [-0.39, 0.29) is 5.91 Å². The molecule has 0 fully saturated rings. The first-order chi connectivity index (χ1) is 6.24. The van der Waals surface area contributed by atoms with Crippen LogP contribution >= 0.6 is 24.0 Å². The summed E-state index contributed by atoms with van der Waals surface area (Å²) in [5, 5.41) is 4.08. The second kappa shape index (κ2) is 5.29. The van der Waals surface area contributed by atoms with E-state index in [1.165, 1.54) is 5.56 Å². The van der Waals surface area contributed by atoms with Gasteiger partial charge in [-0.05, 0) is 28.1 Å². The Balaban J connectivity index is 2.41. The lowest BCUT2D eigenvalue weighted by Crippen LogP contribution is -2.25. The van der Waals surface area contributed by atoms with Gasteiger partial charge in [-0.25, -0.2) is 0 Å². The van der Waals surface area contributed by atoms with E-state index < -0.39 is 0 Å². The van der Waals surface area contributed by atoms with E-state index in [4.69, 9.17) is 0 Å². The standard InChI is InChI=1S/C9H13NOS2/c1-10(9(11)2-4-12)6-8-3-5-13-7-8/h3,5,7,12H,2,4,6H2,1H3. The topological polar surface area (TPSA) is 20.3 Å².